The number of nitrogens with zero attached hydrogens (tertiary/aromatic N) is 1. The summed E-state index contributed by atoms with van der Waals surface area (Å²) < 4.78 is 6.12. The number of rotatable bonds is 6. The van der Waals surface area contributed by atoms with Crippen LogP contribution in [0.4, 0.5) is 0 Å². The fraction of sp³-hybridized carbons (Fsp3) is 0.241. The van der Waals surface area contributed by atoms with Crippen molar-refractivity contribution in [3.8, 4) is 17.0 Å². The molecule has 0 bridgehead atoms. The zero-order valence-corrected chi connectivity index (χ0v) is 21.6. The van der Waals surface area contributed by atoms with Gasteiger partial charge in [0.05, 0.1) is 23.9 Å². The smallest absolute Gasteiger partial charge is 0.252 e. The van der Waals surface area contributed by atoms with Crippen LogP contribution in [-0.2, 0) is 11.8 Å². The van der Waals surface area contributed by atoms with Crippen LogP contribution in [0.25, 0.3) is 22.2 Å². The molecule has 1 N–H and O–H groups in total. The minimum atomic E-state index is -0.105. The molecule has 0 aliphatic rings. The molecule has 5 heteroatoms. The number of hydrogen-bond donors (Lipinski definition) is 1. The van der Waals surface area contributed by atoms with Gasteiger partial charge in [0.1, 0.15) is 5.75 Å². The van der Waals surface area contributed by atoms with Gasteiger partial charge in [0.15, 0.2) is 0 Å². The number of aromatic nitrogens is 1. The van der Waals surface area contributed by atoms with Crippen molar-refractivity contribution in [2.24, 2.45) is 0 Å². The first-order valence-corrected chi connectivity index (χ1v) is 12.2. The van der Waals surface area contributed by atoms with Crippen LogP contribution >= 0.6 is 15.9 Å². The summed E-state index contributed by atoms with van der Waals surface area (Å²) in [7, 11) is 1.65. The van der Waals surface area contributed by atoms with Crippen LogP contribution in [0.3, 0.4) is 0 Å². The highest BCUT2D eigenvalue weighted by atomic mass is 79.9. The molecule has 1 amide bonds. The van der Waals surface area contributed by atoms with Crippen molar-refractivity contribution in [3.63, 3.8) is 0 Å². The molecular formula is C29H29BrN2O2. The van der Waals surface area contributed by atoms with E-state index in [0.29, 0.717) is 12.1 Å². The third-order valence-corrected chi connectivity index (χ3v) is 6.41. The van der Waals surface area contributed by atoms with Gasteiger partial charge in [0.2, 0.25) is 0 Å². The Morgan fingerprint density at radius 3 is 2.32 bits per heavy atom. The summed E-state index contributed by atoms with van der Waals surface area (Å²) in [5.41, 5.74) is 5.68. The van der Waals surface area contributed by atoms with E-state index in [-0.39, 0.29) is 11.3 Å². The van der Waals surface area contributed by atoms with Gasteiger partial charge in [-0.2, -0.15) is 0 Å². The number of carbonyl (C=O) groups is 1. The predicted molar refractivity (Wildman–Crippen MR) is 143 cm³/mol. The Hall–Kier alpha value is -3.18. The molecule has 0 saturated heterocycles. The fourth-order valence-corrected chi connectivity index (χ4v) is 4.24. The number of amides is 1. The van der Waals surface area contributed by atoms with E-state index < -0.39 is 0 Å². The van der Waals surface area contributed by atoms with Gasteiger partial charge < -0.3 is 10.1 Å². The van der Waals surface area contributed by atoms with E-state index in [9.17, 15) is 4.79 Å². The summed E-state index contributed by atoms with van der Waals surface area (Å²) in [6.45, 7) is 7.13. The number of ether oxygens (including phenoxy) is 1. The van der Waals surface area contributed by atoms with Crippen LogP contribution in [0.2, 0.25) is 0 Å². The maximum Gasteiger partial charge on any atom is 0.252 e. The molecule has 4 aromatic rings. The standard InChI is InChI=1S/C29H29BrN2O2/c1-29(2,3)21-9-7-20(8-10-21)27-18-25(24-17-22(30)11-14-26(24)32-27)28(33)31-16-15-19-5-12-23(34-4)13-6-19/h5-14,17-18H,15-16H2,1-4H3,(H,31,33). The summed E-state index contributed by atoms with van der Waals surface area (Å²) in [4.78, 5) is 18.1. The maximum atomic E-state index is 13.3. The Morgan fingerprint density at radius 2 is 1.68 bits per heavy atom. The van der Waals surface area contributed by atoms with Gasteiger partial charge in [0.25, 0.3) is 5.91 Å². The first-order valence-electron chi connectivity index (χ1n) is 11.4. The lowest BCUT2D eigenvalue weighted by atomic mass is 9.86. The summed E-state index contributed by atoms with van der Waals surface area (Å²) >= 11 is 3.53. The summed E-state index contributed by atoms with van der Waals surface area (Å²) in [5, 5.41) is 3.91. The molecular weight excluding hydrogens is 488 g/mol. The van der Waals surface area contributed by atoms with Crippen LogP contribution in [0.15, 0.2) is 77.3 Å². The molecule has 1 aromatic heterocycles. The van der Waals surface area contributed by atoms with Gasteiger partial charge in [-0.05, 0) is 59.4 Å². The average Bonchev–Trinajstić information content (AvgIpc) is 2.83. The number of carbonyl (C=O) groups excluding carboxylic acids is 1. The van der Waals surface area contributed by atoms with Crippen LogP contribution in [0.1, 0.15) is 42.3 Å². The molecule has 0 unspecified atom stereocenters. The van der Waals surface area contributed by atoms with Gasteiger partial charge >= 0.3 is 0 Å². The van der Waals surface area contributed by atoms with E-state index in [0.717, 1.165) is 44.4 Å². The van der Waals surface area contributed by atoms with E-state index in [1.807, 2.05) is 48.5 Å². The molecule has 0 aliphatic heterocycles. The molecule has 0 fully saturated rings. The molecule has 0 saturated carbocycles. The first kappa shape index (κ1) is 24.0. The number of halogens is 1. The minimum absolute atomic E-state index is 0.0799. The Balaban J connectivity index is 1.61. The third-order valence-electron chi connectivity index (χ3n) is 5.92. The largest absolute Gasteiger partial charge is 0.497 e. The second-order valence-corrected chi connectivity index (χ2v) is 10.3. The van der Waals surface area contributed by atoms with Gasteiger partial charge in [-0.3, -0.25) is 4.79 Å². The van der Waals surface area contributed by atoms with E-state index >= 15 is 0 Å². The molecule has 0 aliphatic carbocycles. The highest BCUT2D eigenvalue weighted by molar-refractivity contribution is 9.10. The summed E-state index contributed by atoms with van der Waals surface area (Å²) in [6, 6.07) is 24.1. The number of nitrogens with one attached hydrogen (secondary N) is 1. The summed E-state index contributed by atoms with van der Waals surface area (Å²) in [5.74, 6) is 0.719. The van der Waals surface area contributed by atoms with E-state index in [2.05, 4.69) is 66.3 Å². The van der Waals surface area contributed by atoms with Crippen LogP contribution in [0.5, 0.6) is 5.75 Å². The monoisotopic (exact) mass is 516 g/mol. The first-order chi connectivity index (χ1) is 16.2. The Labute approximate surface area is 209 Å². The highest BCUT2D eigenvalue weighted by Gasteiger charge is 2.16. The molecule has 4 nitrogen and oxygen atoms in total. The molecule has 0 atom stereocenters. The zero-order chi connectivity index (χ0) is 24.3. The highest BCUT2D eigenvalue weighted by Crippen LogP contribution is 2.29. The van der Waals surface area contributed by atoms with Gasteiger partial charge in [-0.25, -0.2) is 4.98 Å². The van der Waals surface area contributed by atoms with Crippen LogP contribution < -0.4 is 10.1 Å². The minimum Gasteiger partial charge on any atom is -0.497 e. The zero-order valence-electron chi connectivity index (χ0n) is 20.0. The van der Waals surface area contributed by atoms with Crippen molar-refractivity contribution in [1.29, 1.82) is 0 Å². The molecule has 3 aromatic carbocycles. The predicted octanol–water partition coefficient (Wildman–Crippen LogP) is 6.94. The normalized spacial score (nSPS) is 11.4. The lowest BCUT2D eigenvalue weighted by molar-refractivity contribution is 0.0955. The third kappa shape index (κ3) is 5.48. The maximum absolute atomic E-state index is 13.3. The molecule has 174 valence electrons. The molecule has 0 radical (unpaired) electrons. The van der Waals surface area contributed by atoms with Gasteiger partial charge in [0, 0.05) is 22.0 Å². The fourth-order valence-electron chi connectivity index (χ4n) is 3.88. The molecule has 34 heavy (non-hydrogen) atoms. The SMILES string of the molecule is COc1ccc(CCNC(=O)c2cc(-c3ccc(C(C)(C)C)cc3)nc3ccc(Br)cc23)cc1. The number of fused-ring (bicyclic) bond motifs is 1. The van der Waals surface area contributed by atoms with Gasteiger partial charge in [-0.15, -0.1) is 0 Å². The van der Waals surface area contributed by atoms with E-state index in [1.54, 1.807) is 7.11 Å². The van der Waals surface area contributed by atoms with Crippen molar-refractivity contribution in [3.05, 3.63) is 94.0 Å². The van der Waals surface area contributed by atoms with Gasteiger partial charge in [-0.1, -0.05) is 73.1 Å². The molecule has 4 rings (SSSR count). The van der Waals surface area contributed by atoms with Crippen molar-refractivity contribution < 1.29 is 9.53 Å². The summed E-state index contributed by atoms with van der Waals surface area (Å²) in [6.07, 6.45) is 0.740. The second-order valence-electron chi connectivity index (χ2n) is 9.40. The second kappa shape index (κ2) is 9.98. The quantitative estimate of drug-likeness (QED) is 0.301. The van der Waals surface area contributed by atoms with Crippen LogP contribution in [0, 0.1) is 0 Å². The van der Waals surface area contributed by atoms with Crippen molar-refractivity contribution in [2.75, 3.05) is 13.7 Å². The Bertz CT molecular complexity index is 1310. The molecule has 1 heterocycles. The average molecular weight is 517 g/mol. The Kier molecular flexibility index (Phi) is 7.03. The Morgan fingerprint density at radius 1 is 0.971 bits per heavy atom. The number of methoxy groups -OCH3 is 1. The van der Waals surface area contributed by atoms with E-state index in [1.165, 1.54) is 5.56 Å². The van der Waals surface area contributed by atoms with Crippen molar-refractivity contribution in [1.82, 2.24) is 10.3 Å². The van der Waals surface area contributed by atoms with E-state index in [4.69, 9.17) is 9.72 Å². The number of pyridine rings is 1. The lowest BCUT2D eigenvalue weighted by Gasteiger charge is -2.19. The molecule has 0 spiro atoms. The number of hydrogen-bond acceptors (Lipinski definition) is 3. The van der Waals surface area contributed by atoms with Crippen molar-refractivity contribution >= 4 is 32.7 Å². The number of benzene rings is 3. The lowest BCUT2D eigenvalue weighted by Crippen LogP contribution is -2.26. The topological polar surface area (TPSA) is 51.2 Å². The van der Waals surface area contributed by atoms with Crippen molar-refractivity contribution in [2.45, 2.75) is 32.6 Å². The van der Waals surface area contributed by atoms with Crippen LogP contribution in [-0.4, -0.2) is 24.5 Å².